The number of hydrogen-bond acceptors (Lipinski definition) is 3. The minimum Gasteiger partial charge on any atom is -0.312 e. The second-order valence-electron chi connectivity index (χ2n) is 5.40. The van der Waals surface area contributed by atoms with E-state index in [1.807, 2.05) is 0 Å². The first-order valence-electron chi connectivity index (χ1n) is 5.90. The summed E-state index contributed by atoms with van der Waals surface area (Å²) in [5.74, 6) is 2.78. The van der Waals surface area contributed by atoms with Crippen LogP contribution in [0.3, 0.4) is 0 Å². The van der Waals surface area contributed by atoms with Crippen LogP contribution < -0.4 is 10.8 Å². The lowest BCUT2D eigenvalue weighted by Crippen LogP contribution is -2.48. The predicted octanol–water partition coefficient (Wildman–Crippen LogP) is 0.912. The summed E-state index contributed by atoms with van der Waals surface area (Å²) < 4.78 is 0. The monoisotopic (exact) mass is 196 g/mol. The molecule has 0 radical (unpaired) electrons. The Balaban J connectivity index is 1.65. The Labute approximate surface area is 85.5 Å². The highest BCUT2D eigenvalue weighted by Gasteiger charge is 2.56. The van der Waals surface area contributed by atoms with Gasteiger partial charge in [-0.1, -0.05) is 0 Å². The Kier molecular flexibility index (Phi) is 2.08. The fourth-order valence-electron chi connectivity index (χ4n) is 3.68. The third-order valence-corrected chi connectivity index (χ3v) is 4.20. The van der Waals surface area contributed by atoms with Crippen molar-refractivity contribution in [3.05, 3.63) is 0 Å². The van der Waals surface area contributed by atoms with Gasteiger partial charge in [0.15, 0.2) is 0 Å². The molecule has 2 aliphatic carbocycles. The molecule has 80 valence electrons. The van der Waals surface area contributed by atoms with E-state index < -0.39 is 0 Å². The van der Waals surface area contributed by atoms with Gasteiger partial charge >= 0.3 is 0 Å². The van der Waals surface area contributed by atoms with Crippen LogP contribution >= 0.6 is 0 Å². The first-order valence-corrected chi connectivity index (χ1v) is 5.90. The number of hydroxylamine groups is 1. The molecule has 0 aromatic carbocycles. The van der Waals surface area contributed by atoms with Crippen LogP contribution in [0.2, 0.25) is 0 Å². The van der Waals surface area contributed by atoms with E-state index in [1.165, 1.54) is 19.4 Å². The van der Waals surface area contributed by atoms with Gasteiger partial charge in [-0.3, -0.25) is 4.84 Å². The summed E-state index contributed by atoms with van der Waals surface area (Å²) in [5.41, 5.74) is 3.28. The summed E-state index contributed by atoms with van der Waals surface area (Å²) in [5, 5.41) is 3.64. The maximum atomic E-state index is 5.54. The van der Waals surface area contributed by atoms with Gasteiger partial charge in [0.25, 0.3) is 0 Å². The Hall–Kier alpha value is -0.120. The van der Waals surface area contributed by atoms with E-state index in [2.05, 4.69) is 24.6 Å². The Morgan fingerprint density at radius 3 is 2.93 bits per heavy atom. The summed E-state index contributed by atoms with van der Waals surface area (Å²) in [4.78, 5) is 5.54. The molecule has 3 rings (SSSR count). The van der Waals surface area contributed by atoms with Gasteiger partial charge in [0.2, 0.25) is 0 Å². The molecule has 3 aliphatic rings. The predicted molar refractivity (Wildman–Crippen MR) is 54.6 cm³/mol. The highest BCUT2D eigenvalue weighted by Crippen LogP contribution is 2.51. The lowest BCUT2D eigenvalue weighted by atomic mass is 9.87. The zero-order valence-electron chi connectivity index (χ0n) is 8.99. The number of hydrogen-bond donors (Lipinski definition) is 2. The molecule has 2 N–H and O–H groups in total. The molecule has 0 amide bonds. The van der Waals surface area contributed by atoms with Gasteiger partial charge < -0.3 is 5.32 Å². The molecule has 5 unspecified atom stereocenters. The summed E-state index contributed by atoms with van der Waals surface area (Å²) in [7, 11) is 0. The Morgan fingerprint density at radius 2 is 2.14 bits per heavy atom. The average Bonchev–Trinajstić information content (AvgIpc) is 2.70. The molecule has 3 nitrogen and oxygen atoms in total. The lowest BCUT2D eigenvalue weighted by Gasteiger charge is -2.28. The lowest BCUT2D eigenvalue weighted by molar-refractivity contribution is -0.0405. The molecule has 2 saturated carbocycles. The highest BCUT2D eigenvalue weighted by molar-refractivity contribution is 5.11. The zero-order chi connectivity index (χ0) is 9.71. The van der Waals surface area contributed by atoms with Gasteiger partial charge in [-0.15, -0.1) is 0 Å². The normalized spacial score (nSPS) is 49.5. The van der Waals surface area contributed by atoms with E-state index in [9.17, 15) is 0 Å². The molecule has 5 atom stereocenters. The second-order valence-corrected chi connectivity index (χ2v) is 5.40. The summed E-state index contributed by atoms with van der Waals surface area (Å²) >= 11 is 0. The van der Waals surface area contributed by atoms with E-state index >= 15 is 0 Å². The van der Waals surface area contributed by atoms with Crippen molar-refractivity contribution in [2.45, 2.75) is 44.9 Å². The quantitative estimate of drug-likeness (QED) is 0.658. The molecule has 0 aromatic rings. The molecule has 1 aliphatic heterocycles. The zero-order valence-corrected chi connectivity index (χ0v) is 8.99. The maximum Gasteiger partial charge on any atom is 0.0734 e. The van der Waals surface area contributed by atoms with Crippen molar-refractivity contribution in [1.29, 1.82) is 0 Å². The topological polar surface area (TPSA) is 33.3 Å². The van der Waals surface area contributed by atoms with E-state index in [1.54, 1.807) is 0 Å². The fourth-order valence-corrected chi connectivity index (χ4v) is 3.68. The second kappa shape index (κ2) is 3.19. The van der Waals surface area contributed by atoms with Crippen molar-refractivity contribution in [2.75, 3.05) is 6.54 Å². The van der Waals surface area contributed by atoms with Crippen LogP contribution in [0.25, 0.3) is 0 Å². The summed E-state index contributed by atoms with van der Waals surface area (Å²) in [6.07, 6.45) is 3.11. The molecule has 3 heteroatoms. The van der Waals surface area contributed by atoms with Crippen molar-refractivity contribution < 1.29 is 4.84 Å². The first-order chi connectivity index (χ1) is 6.75. The average molecular weight is 196 g/mol. The maximum absolute atomic E-state index is 5.54. The highest BCUT2D eigenvalue weighted by atomic mass is 16.7. The first kappa shape index (κ1) is 9.13. The molecular formula is C11H20N2O. The van der Waals surface area contributed by atoms with Crippen LogP contribution in [0.15, 0.2) is 0 Å². The van der Waals surface area contributed by atoms with Crippen LogP contribution in [0.1, 0.15) is 26.7 Å². The van der Waals surface area contributed by atoms with Crippen molar-refractivity contribution in [3.8, 4) is 0 Å². The van der Waals surface area contributed by atoms with Gasteiger partial charge in [0.1, 0.15) is 0 Å². The number of rotatable bonds is 3. The third-order valence-electron chi connectivity index (χ3n) is 4.20. The van der Waals surface area contributed by atoms with E-state index in [0.29, 0.717) is 12.1 Å². The van der Waals surface area contributed by atoms with Gasteiger partial charge in [0.05, 0.1) is 12.1 Å². The number of nitrogens with one attached hydrogen (secondary N) is 2. The van der Waals surface area contributed by atoms with Gasteiger partial charge in [0, 0.05) is 6.04 Å². The summed E-state index contributed by atoms with van der Waals surface area (Å²) in [6, 6.07) is 1.26. The van der Waals surface area contributed by atoms with Crippen molar-refractivity contribution in [3.63, 3.8) is 0 Å². The van der Waals surface area contributed by atoms with Crippen molar-refractivity contribution in [2.24, 2.45) is 17.8 Å². The summed E-state index contributed by atoms with van der Waals surface area (Å²) in [6.45, 7) is 5.39. The molecule has 0 aromatic heterocycles. The largest absolute Gasteiger partial charge is 0.312 e. The van der Waals surface area contributed by atoms with Crippen molar-refractivity contribution >= 4 is 0 Å². The van der Waals surface area contributed by atoms with Crippen molar-refractivity contribution in [1.82, 2.24) is 10.8 Å². The Morgan fingerprint density at radius 1 is 1.29 bits per heavy atom. The van der Waals surface area contributed by atoms with E-state index in [4.69, 9.17) is 4.84 Å². The standard InChI is InChI=1S/C11H20N2O/c1-6(2)14-13-10-7-3-8-5-12-11(10)9(8)4-7/h6-13H,3-5H2,1-2H3. The van der Waals surface area contributed by atoms with Crippen LogP contribution in [0.5, 0.6) is 0 Å². The minimum atomic E-state index is 0.284. The smallest absolute Gasteiger partial charge is 0.0734 e. The van der Waals surface area contributed by atoms with E-state index in [-0.39, 0.29) is 6.10 Å². The molecule has 2 bridgehead atoms. The fraction of sp³-hybridized carbons (Fsp3) is 1.00. The molecule has 14 heavy (non-hydrogen) atoms. The molecular weight excluding hydrogens is 176 g/mol. The van der Waals surface area contributed by atoms with Crippen LogP contribution in [-0.2, 0) is 4.84 Å². The molecule has 1 heterocycles. The van der Waals surface area contributed by atoms with Crippen LogP contribution in [0.4, 0.5) is 0 Å². The van der Waals surface area contributed by atoms with E-state index in [0.717, 1.165) is 17.8 Å². The number of fused-ring (bicyclic) bond motifs is 1. The minimum absolute atomic E-state index is 0.284. The van der Waals surface area contributed by atoms with Gasteiger partial charge in [-0.25, -0.2) is 0 Å². The molecule has 0 spiro atoms. The SMILES string of the molecule is CC(C)ONC1C2CC3CNC1C3C2. The third kappa shape index (κ3) is 1.23. The van der Waals surface area contributed by atoms with Crippen LogP contribution in [0, 0.1) is 17.8 Å². The molecule has 3 fully saturated rings. The van der Waals surface area contributed by atoms with Crippen LogP contribution in [-0.4, -0.2) is 24.7 Å². The Bertz CT molecular complexity index is 229. The van der Waals surface area contributed by atoms with Gasteiger partial charge in [-0.05, 0) is 51.0 Å². The molecule has 1 saturated heterocycles. The van der Waals surface area contributed by atoms with Gasteiger partial charge in [-0.2, -0.15) is 5.48 Å².